The molecule has 2 aromatic heterocycles. The van der Waals surface area contributed by atoms with Crippen LogP contribution in [0.1, 0.15) is 20.9 Å². The number of carbonyl (C=O) groups is 1. The summed E-state index contributed by atoms with van der Waals surface area (Å²) in [6.07, 6.45) is 1.89. The Bertz CT molecular complexity index is 1130. The lowest BCUT2D eigenvalue weighted by atomic mass is 10.2. The summed E-state index contributed by atoms with van der Waals surface area (Å²) >= 11 is 1.45. The number of aromatic nitrogens is 2. The number of rotatable bonds is 4. The standard InChI is InChI=1S/C20H15F2N3OS/c1-12-18(10-23-19(26)15-4-2-3-5-16(15)22)27-20-24-17(11-25(12)20)13-6-8-14(21)9-7-13/h2-9,11H,10H2,1H3,(H,23,26). The molecule has 0 saturated carbocycles. The largest absolute Gasteiger partial charge is 0.347 e. The molecule has 27 heavy (non-hydrogen) atoms. The van der Waals surface area contributed by atoms with Crippen LogP contribution in [-0.2, 0) is 6.54 Å². The third-order valence-corrected chi connectivity index (χ3v) is 5.48. The Labute approximate surface area is 158 Å². The van der Waals surface area contributed by atoms with Crippen LogP contribution < -0.4 is 5.32 Å². The summed E-state index contributed by atoms with van der Waals surface area (Å²) in [6, 6.07) is 12.1. The Morgan fingerprint density at radius 3 is 2.59 bits per heavy atom. The second kappa shape index (κ2) is 6.92. The van der Waals surface area contributed by atoms with Crippen molar-refractivity contribution in [3.63, 3.8) is 0 Å². The average Bonchev–Trinajstić information content (AvgIpc) is 3.20. The van der Waals surface area contributed by atoms with Crippen LogP contribution in [0.2, 0.25) is 0 Å². The van der Waals surface area contributed by atoms with Gasteiger partial charge in [0.25, 0.3) is 5.91 Å². The van der Waals surface area contributed by atoms with Crippen molar-refractivity contribution in [2.24, 2.45) is 0 Å². The highest BCUT2D eigenvalue weighted by atomic mass is 32.1. The minimum absolute atomic E-state index is 0.0232. The van der Waals surface area contributed by atoms with Gasteiger partial charge in [-0.05, 0) is 43.3 Å². The van der Waals surface area contributed by atoms with Gasteiger partial charge in [0, 0.05) is 22.3 Å². The zero-order chi connectivity index (χ0) is 19.0. The number of hydrogen-bond acceptors (Lipinski definition) is 3. The van der Waals surface area contributed by atoms with Crippen molar-refractivity contribution in [3.05, 3.63) is 82.5 Å². The Morgan fingerprint density at radius 1 is 1.15 bits per heavy atom. The second-order valence-electron chi connectivity index (χ2n) is 6.06. The molecule has 0 unspecified atom stereocenters. The minimum atomic E-state index is -0.545. The lowest BCUT2D eigenvalue weighted by Crippen LogP contribution is -2.23. The molecule has 4 aromatic rings. The summed E-state index contributed by atoms with van der Waals surface area (Å²) in [5.74, 6) is -1.29. The molecule has 4 rings (SSSR count). The average molecular weight is 383 g/mol. The first kappa shape index (κ1) is 17.4. The number of nitrogens with zero attached hydrogens (tertiary/aromatic N) is 2. The molecule has 1 amide bonds. The van der Waals surface area contributed by atoms with Crippen LogP contribution >= 0.6 is 11.3 Å². The molecular formula is C20H15F2N3OS. The number of nitrogens with one attached hydrogen (secondary N) is 1. The van der Waals surface area contributed by atoms with Gasteiger partial charge in [-0.1, -0.05) is 23.5 Å². The molecule has 0 atom stereocenters. The Morgan fingerprint density at radius 2 is 1.89 bits per heavy atom. The third kappa shape index (κ3) is 3.33. The number of hydrogen-bond donors (Lipinski definition) is 1. The van der Waals surface area contributed by atoms with Crippen LogP contribution in [-0.4, -0.2) is 15.3 Å². The van der Waals surface area contributed by atoms with E-state index in [4.69, 9.17) is 0 Å². The molecule has 4 nitrogen and oxygen atoms in total. The van der Waals surface area contributed by atoms with Crippen molar-refractivity contribution in [1.82, 2.24) is 14.7 Å². The Hall–Kier alpha value is -3.06. The molecule has 0 saturated heterocycles. The Balaban J connectivity index is 1.54. The lowest BCUT2D eigenvalue weighted by Gasteiger charge is -2.05. The highest BCUT2D eigenvalue weighted by Crippen LogP contribution is 2.27. The molecule has 0 fully saturated rings. The van der Waals surface area contributed by atoms with Gasteiger partial charge in [-0.15, -0.1) is 0 Å². The molecule has 2 aromatic carbocycles. The molecule has 0 aliphatic carbocycles. The number of carbonyl (C=O) groups excluding carboxylic acids is 1. The summed E-state index contributed by atoms with van der Waals surface area (Å²) in [7, 11) is 0. The van der Waals surface area contributed by atoms with E-state index < -0.39 is 11.7 Å². The van der Waals surface area contributed by atoms with Crippen molar-refractivity contribution < 1.29 is 13.6 Å². The van der Waals surface area contributed by atoms with E-state index >= 15 is 0 Å². The summed E-state index contributed by atoms with van der Waals surface area (Å²) in [5.41, 5.74) is 2.56. The van der Waals surface area contributed by atoms with Gasteiger partial charge < -0.3 is 5.32 Å². The molecular weight excluding hydrogens is 368 g/mol. The van der Waals surface area contributed by atoms with Gasteiger partial charge in [-0.3, -0.25) is 9.20 Å². The fourth-order valence-electron chi connectivity index (χ4n) is 2.82. The maximum atomic E-state index is 13.7. The van der Waals surface area contributed by atoms with Crippen LogP contribution in [0.5, 0.6) is 0 Å². The van der Waals surface area contributed by atoms with Crippen molar-refractivity contribution in [1.29, 1.82) is 0 Å². The van der Waals surface area contributed by atoms with Crippen molar-refractivity contribution in [2.45, 2.75) is 13.5 Å². The summed E-state index contributed by atoms with van der Waals surface area (Å²) in [5, 5.41) is 2.75. The van der Waals surface area contributed by atoms with E-state index in [9.17, 15) is 13.6 Å². The first-order valence-electron chi connectivity index (χ1n) is 8.29. The topological polar surface area (TPSA) is 46.4 Å². The fraction of sp³-hybridized carbons (Fsp3) is 0.100. The van der Waals surface area contributed by atoms with Crippen molar-refractivity contribution in [2.75, 3.05) is 0 Å². The lowest BCUT2D eigenvalue weighted by molar-refractivity contribution is 0.0947. The normalized spacial score (nSPS) is 11.1. The van der Waals surface area contributed by atoms with E-state index in [1.54, 1.807) is 24.3 Å². The molecule has 2 heterocycles. The van der Waals surface area contributed by atoms with Crippen LogP contribution in [0.15, 0.2) is 54.7 Å². The van der Waals surface area contributed by atoms with E-state index in [0.717, 1.165) is 26.8 Å². The quantitative estimate of drug-likeness (QED) is 0.561. The SMILES string of the molecule is Cc1c(CNC(=O)c2ccccc2F)sc2nc(-c3ccc(F)cc3)cn12. The molecule has 0 spiro atoms. The van der Waals surface area contributed by atoms with Crippen LogP contribution in [0.3, 0.4) is 0 Å². The van der Waals surface area contributed by atoms with E-state index in [-0.39, 0.29) is 11.4 Å². The molecule has 7 heteroatoms. The summed E-state index contributed by atoms with van der Waals surface area (Å²) in [4.78, 5) is 18.5. The van der Waals surface area contributed by atoms with Gasteiger partial charge in [-0.25, -0.2) is 13.8 Å². The minimum Gasteiger partial charge on any atom is -0.347 e. The van der Waals surface area contributed by atoms with E-state index in [1.807, 2.05) is 17.5 Å². The van der Waals surface area contributed by atoms with E-state index in [2.05, 4.69) is 10.3 Å². The van der Waals surface area contributed by atoms with Gasteiger partial charge in [0.1, 0.15) is 11.6 Å². The third-order valence-electron chi connectivity index (χ3n) is 4.32. The summed E-state index contributed by atoms with van der Waals surface area (Å²) < 4.78 is 28.7. The van der Waals surface area contributed by atoms with Gasteiger partial charge >= 0.3 is 0 Å². The maximum absolute atomic E-state index is 13.7. The number of thiazole rings is 1. The summed E-state index contributed by atoms with van der Waals surface area (Å²) in [6.45, 7) is 2.23. The maximum Gasteiger partial charge on any atom is 0.254 e. The smallest absolute Gasteiger partial charge is 0.254 e. The monoisotopic (exact) mass is 383 g/mol. The number of amides is 1. The van der Waals surface area contributed by atoms with Crippen molar-refractivity contribution >= 4 is 22.2 Å². The predicted octanol–water partition coefficient (Wildman–Crippen LogP) is 4.58. The number of fused-ring (bicyclic) bond motifs is 1. The number of benzene rings is 2. The Kier molecular flexibility index (Phi) is 4.45. The first-order chi connectivity index (χ1) is 13.0. The van der Waals surface area contributed by atoms with Gasteiger partial charge in [0.15, 0.2) is 4.96 Å². The zero-order valence-corrected chi connectivity index (χ0v) is 15.2. The number of imidazole rings is 1. The van der Waals surface area contributed by atoms with Crippen LogP contribution in [0.25, 0.3) is 16.2 Å². The fourth-order valence-corrected chi connectivity index (χ4v) is 3.86. The first-order valence-corrected chi connectivity index (χ1v) is 9.10. The molecule has 0 aliphatic rings. The van der Waals surface area contributed by atoms with E-state index in [0.29, 0.717) is 6.54 Å². The second-order valence-corrected chi connectivity index (χ2v) is 7.12. The number of halogens is 2. The zero-order valence-electron chi connectivity index (χ0n) is 14.4. The van der Waals surface area contributed by atoms with Crippen molar-refractivity contribution in [3.8, 4) is 11.3 Å². The van der Waals surface area contributed by atoms with Gasteiger partial charge in [0.05, 0.1) is 17.8 Å². The molecule has 1 N–H and O–H groups in total. The van der Waals surface area contributed by atoms with Crippen LogP contribution in [0, 0.1) is 18.6 Å². The molecule has 136 valence electrons. The van der Waals surface area contributed by atoms with Gasteiger partial charge in [-0.2, -0.15) is 0 Å². The molecule has 0 aliphatic heterocycles. The van der Waals surface area contributed by atoms with Gasteiger partial charge in [0.2, 0.25) is 0 Å². The van der Waals surface area contributed by atoms with E-state index in [1.165, 1.54) is 35.6 Å². The highest BCUT2D eigenvalue weighted by Gasteiger charge is 2.15. The van der Waals surface area contributed by atoms with Crippen LogP contribution in [0.4, 0.5) is 8.78 Å². The predicted molar refractivity (Wildman–Crippen MR) is 101 cm³/mol. The number of aryl methyl sites for hydroxylation is 1. The molecule has 0 radical (unpaired) electrons. The molecule has 0 bridgehead atoms. The highest BCUT2D eigenvalue weighted by molar-refractivity contribution is 7.17.